The van der Waals surface area contributed by atoms with Gasteiger partial charge >= 0.3 is 0 Å². The second kappa shape index (κ2) is 16.2. The van der Waals surface area contributed by atoms with Crippen molar-refractivity contribution in [3.63, 3.8) is 0 Å². The first-order valence-corrected chi connectivity index (χ1v) is 16.2. The van der Waals surface area contributed by atoms with E-state index in [0.717, 1.165) is 51.2 Å². The first kappa shape index (κ1) is 33.0. The van der Waals surface area contributed by atoms with Gasteiger partial charge in [-0.3, -0.25) is 0 Å². The highest BCUT2D eigenvalue weighted by molar-refractivity contribution is 8.02. The van der Waals surface area contributed by atoms with Crippen molar-refractivity contribution >= 4 is 34.9 Å². The van der Waals surface area contributed by atoms with Gasteiger partial charge in [-0.05, 0) is 74.9 Å². The average Bonchev–Trinajstić information content (AvgIpc) is 2.97. The molecule has 0 aliphatic rings. The zero-order valence-corrected chi connectivity index (χ0v) is 27.2. The maximum Gasteiger partial charge on any atom is 0.153 e. The van der Waals surface area contributed by atoms with Crippen LogP contribution in [0, 0.1) is 34.5 Å². The molecule has 42 heavy (non-hydrogen) atoms. The monoisotopic (exact) mass is 602 g/mol. The van der Waals surface area contributed by atoms with E-state index in [0.29, 0.717) is 42.2 Å². The zero-order valence-electron chi connectivity index (χ0n) is 25.6. The lowest BCUT2D eigenvalue weighted by Crippen LogP contribution is -2.21. The van der Waals surface area contributed by atoms with E-state index in [1.165, 1.54) is 23.5 Å². The highest BCUT2D eigenvalue weighted by atomic mass is 32.2. The maximum atomic E-state index is 10.4. The van der Waals surface area contributed by atoms with Gasteiger partial charge in [-0.25, -0.2) is 0 Å². The Morgan fingerprint density at radius 3 is 1.71 bits per heavy atom. The van der Waals surface area contributed by atoms with Crippen molar-refractivity contribution in [2.45, 2.75) is 74.0 Å². The number of nitrogens with zero attached hydrogens (tertiary/aromatic N) is 3. The molecule has 3 aromatic carbocycles. The molecule has 0 aromatic heterocycles. The molecule has 0 saturated heterocycles. The predicted molar refractivity (Wildman–Crippen MR) is 175 cm³/mol. The standard InChI is InChI=1S/C34H42N4O2S2/c1-7-38(8-2)25-13-15-26(16-14-25)41-33-31(39-19-17-23(3)4)27(21-35)28(22-36)32(40-20-18-24(5)6)34(33)42-30-12-10-9-11-29(30)37/h9-16,23-24H,7-8,17-20,37H2,1-6H3. The molecule has 0 aliphatic carbocycles. The average molecular weight is 603 g/mol. The normalized spacial score (nSPS) is 10.9. The van der Waals surface area contributed by atoms with E-state index in [1.54, 1.807) is 0 Å². The second-order valence-corrected chi connectivity index (χ2v) is 12.9. The topological polar surface area (TPSA) is 95.3 Å². The van der Waals surface area contributed by atoms with Gasteiger partial charge in [-0.2, -0.15) is 10.5 Å². The summed E-state index contributed by atoms with van der Waals surface area (Å²) >= 11 is 2.96. The Bertz CT molecular complexity index is 1410. The highest BCUT2D eigenvalue weighted by Gasteiger charge is 2.29. The molecular weight excluding hydrogens is 561 g/mol. The van der Waals surface area contributed by atoms with E-state index < -0.39 is 0 Å². The Kier molecular flexibility index (Phi) is 12.8. The summed E-state index contributed by atoms with van der Waals surface area (Å²) in [6, 6.07) is 20.6. The highest BCUT2D eigenvalue weighted by Crippen LogP contribution is 2.53. The Hall–Kier alpha value is -3.46. The number of para-hydroxylation sites is 1. The number of nitriles is 2. The van der Waals surface area contributed by atoms with Crippen LogP contribution in [0.25, 0.3) is 0 Å². The summed E-state index contributed by atoms with van der Waals surface area (Å²) in [6.07, 6.45) is 1.63. The van der Waals surface area contributed by atoms with Crippen molar-refractivity contribution in [3.8, 4) is 23.6 Å². The summed E-state index contributed by atoms with van der Waals surface area (Å²) < 4.78 is 12.8. The van der Waals surface area contributed by atoms with Crippen LogP contribution < -0.4 is 20.1 Å². The lowest BCUT2D eigenvalue weighted by molar-refractivity contribution is 0.269. The summed E-state index contributed by atoms with van der Waals surface area (Å²) in [5, 5.41) is 20.7. The van der Waals surface area contributed by atoms with Gasteiger partial charge in [0.05, 0.1) is 23.0 Å². The Balaban J connectivity index is 2.27. The fourth-order valence-corrected chi connectivity index (χ4v) is 6.43. The smallest absolute Gasteiger partial charge is 0.153 e. The van der Waals surface area contributed by atoms with Gasteiger partial charge in [-0.15, -0.1) is 0 Å². The summed E-state index contributed by atoms with van der Waals surface area (Å²) in [7, 11) is 0. The molecule has 8 heteroatoms. The van der Waals surface area contributed by atoms with Crippen molar-refractivity contribution in [2.75, 3.05) is 36.9 Å². The molecule has 2 N–H and O–H groups in total. The van der Waals surface area contributed by atoms with Gasteiger partial charge in [-0.1, -0.05) is 63.4 Å². The third-order valence-electron chi connectivity index (χ3n) is 6.75. The summed E-state index contributed by atoms with van der Waals surface area (Å²) in [4.78, 5) is 5.60. The van der Waals surface area contributed by atoms with E-state index >= 15 is 0 Å². The molecule has 222 valence electrons. The minimum atomic E-state index is 0.194. The van der Waals surface area contributed by atoms with E-state index in [-0.39, 0.29) is 11.1 Å². The van der Waals surface area contributed by atoms with Crippen LogP contribution in [0.3, 0.4) is 0 Å². The van der Waals surface area contributed by atoms with Gasteiger partial charge in [0.25, 0.3) is 0 Å². The van der Waals surface area contributed by atoms with Crippen LogP contribution in [0.4, 0.5) is 11.4 Å². The molecular formula is C34H42N4O2S2. The van der Waals surface area contributed by atoms with Crippen molar-refractivity contribution in [1.29, 1.82) is 10.5 Å². The van der Waals surface area contributed by atoms with Crippen LogP contribution in [0.2, 0.25) is 0 Å². The van der Waals surface area contributed by atoms with Crippen LogP contribution in [0.1, 0.15) is 65.5 Å². The molecule has 6 nitrogen and oxygen atoms in total. The third-order valence-corrected chi connectivity index (χ3v) is 9.16. The van der Waals surface area contributed by atoms with Crippen LogP contribution in [0.15, 0.2) is 68.1 Å². The lowest BCUT2D eigenvalue weighted by atomic mass is 10.1. The summed E-state index contributed by atoms with van der Waals surface area (Å²) in [5.74, 6) is 1.66. The van der Waals surface area contributed by atoms with E-state index in [4.69, 9.17) is 15.2 Å². The van der Waals surface area contributed by atoms with Crippen LogP contribution in [0.5, 0.6) is 11.5 Å². The molecule has 0 radical (unpaired) electrons. The molecule has 0 unspecified atom stereocenters. The molecule has 0 atom stereocenters. The molecule has 0 aliphatic heterocycles. The molecule has 0 spiro atoms. The SMILES string of the molecule is CCN(CC)c1ccc(Sc2c(OCCC(C)C)c(C#N)c(C#N)c(OCCC(C)C)c2Sc2ccccc2N)cc1. The van der Waals surface area contributed by atoms with Gasteiger partial charge in [0.15, 0.2) is 11.5 Å². The van der Waals surface area contributed by atoms with Gasteiger partial charge in [0.2, 0.25) is 0 Å². The Morgan fingerprint density at radius 2 is 1.26 bits per heavy atom. The summed E-state index contributed by atoms with van der Waals surface area (Å²) in [5.41, 5.74) is 8.56. The van der Waals surface area contributed by atoms with Crippen molar-refractivity contribution in [1.82, 2.24) is 0 Å². The molecule has 0 amide bonds. The Labute approximate surface area is 260 Å². The van der Waals surface area contributed by atoms with Crippen molar-refractivity contribution in [2.24, 2.45) is 11.8 Å². The van der Waals surface area contributed by atoms with E-state index in [2.05, 4.69) is 82.8 Å². The fourth-order valence-electron chi connectivity index (χ4n) is 4.24. The van der Waals surface area contributed by atoms with Gasteiger partial charge in [0, 0.05) is 34.3 Å². The minimum Gasteiger partial charge on any atom is -0.491 e. The first-order chi connectivity index (χ1) is 20.2. The number of anilines is 2. The third kappa shape index (κ3) is 8.53. The molecule has 0 heterocycles. The van der Waals surface area contributed by atoms with E-state index in [1.807, 2.05) is 24.3 Å². The first-order valence-electron chi connectivity index (χ1n) is 14.6. The molecule has 3 rings (SSSR count). The maximum absolute atomic E-state index is 10.4. The number of nitrogens with two attached hydrogens (primary N) is 1. The Morgan fingerprint density at radius 1 is 0.762 bits per heavy atom. The fraction of sp³-hybridized carbons (Fsp3) is 0.412. The van der Waals surface area contributed by atoms with Crippen molar-refractivity contribution < 1.29 is 9.47 Å². The molecule has 0 fully saturated rings. The zero-order chi connectivity index (χ0) is 30.6. The predicted octanol–water partition coefficient (Wildman–Crippen LogP) is 9.01. The van der Waals surface area contributed by atoms with Crippen LogP contribution in [-0.2, 0) is 0 Å². The van der Waals surface area contributed by atoms with E-state index in [9.17, 15) is 10.5 Å². The number of hydrogen-bond donors (Lipinski definition) is 1. The number of nitrogen functional groups attached to an aromatic ring is 1. The van der Waals surface area contributed by atoms with Crippen LogP contribution >= 0.6 is 23.5 Å². The molecule has 0 saturated carbocycles. The van der Waals surface area contributed by atoms with Gasteiger partial charge < -0.3 is 20.1 Å². The summed E-state index contributed by atoms with van der Waals surface area (Å²) in [6.45, 7) is 15.5. The number of benzene rings is 3. The van der Waals surface area contributed by atoms with Crippen molar-refractivity contribution in [3.05, 3.63) is 59.7 Å². The molecule has 0 bridgehead atoms. The van der Waals surface area contributed by atoms with Crippen LogP contribution in [-0.4, -0.2) is 26.3 Å². The largest absolute Gasteiger partial charge is 0.491 e. The van der Waals surface area contributed by atoms with Gasteiger partial charge in [0.1, 0.15) is 23.3 Å². The number of rotatable bonds is 15. The minimum absolute atomic E-state index is 0.194. The molecule has 3 aromatic rings. The number of hydrogen-bond acceptors (Lipinski definition) is 8. The second-order valence-electron chi connectivity index (χ2n) is 10.8. The lowest BCUT2D eigenvalue weighted by Gasteiger charge is -2.23. The quantitative estimate of drug-likeness (QED) is 0.172. The number of ether oxygens (including phenoxy) is 2.